The van der Waals surface area contributed by atoms with Crippen LogP contribution in [-0.4, -0.2) is 42.9 Å². The summed E-state index contributed by atoms with van der Waals surface area (Å²) < 4.78 is 80.0. The fourth-order valence-corrected chi connectivity index (χ4v) is 2.72. The van der Waals surface area contributed by atoms with Crippen LogP contribution >= 0.6 is 0 Å². The van der Waals surface area contributed by atoms with Crippen molar-refractivity contribution in [1.82, 2.24) is 10.6 Å². The lowest BCUT2D eigenvalue weighted by Gasteiger charge is -2.12. The summed E-state index contributed by atoms with van der Waals surface area (Å²) >= 11 is 0. The van der Waals surface area contributed by atoms with Crippen molar-refractivity contribution in [2.24, 2.45) is 0 Å². The summed E-state index contributed by atoms with van der Waals surface area (Å²) in [5, 5.41) is 13.6. The van der Waals surface area contributed by atoms with Crippen LogP contribution in [0.3, 0.4) is 0 Å². The Labute approximate surface area is 196 Å². The second-order valence-electron chi connectivity index (χ2n) is 7.20. The maximum Gasteiger partial charge on any atom is 0.416 e. The molecule has 0 aliphatic heterocycles. The van der Waals surface area contributed by atoms with Gasteiger partial charge in [0.2, 0.25) is 0 Å². The van der Waals surface area contributed by atoms with Crippen molar-refractivity contribution in [3.8, 4) is 5.75 Å². The highest BCUT2D eigenvalue weighted by atomic mass is 19.4. The molecule has 6 nitrogen and oxygen atoms in total. The highest BCUT2D eigenvalue weighted by Crippen LogP contribution is 2.29. The van der Waals surface area contributed by atoms with Crippen LogP contribution in [0.4, 0.5) is 26.3 Å². The number of carbonyl (C=O) groups excluding carboxylic acids is 2. The molecule has 0 saturated carbocycles. The van der Waals surface area contributed by atoms with Crippen molar-refractivity contribution in [2.45, 2.75) is 25.2 Å². The number of aliphatic hydroxyl groups is 1. The van der Waals surface area contributed by atoms with Gasteiger partial charge >= 0.3 is 12.4 Å². The van der Waals surface area contributed by atoms with E-state index >= 15 is 0 Å². The molecule has 0 aliphatic carbocycles. The minimum atomic E-state index is -4.54. The molecule has 2 amide bonds. The van der Waals surface area contributed by atoms with Gasteiger partial charge in [0.25, 0.3) is 11.8 Å². The van der Waals surface area contributed by atoms with Gasteiger partial charge < -0.3 is 20.5 Å². The molecule has 0 aromatic heterocycles. The number of rotatable bonds is 10. The lowest BCUT2D eigenvalue weighted by atomic mass is 10.1. The van der Waals surface area contributed by atoms with Gasteiger partial charge in [-0.05, 0) is 54.5 Å². The quantitative estimate of drug-likeness (QED) is 0.256. The molecule has 35 heavy (non-hydrogen) atoms. The van der Waals surface area contributed by atoms with Gasteiger partial charge in [-0.15, -0.1) is 0 Å². The third kappa shape index (κ3) is 9.69. The molecule has 0 bridgehead atoms. The van der Waals surface area contributed by atoms with Crippen LogP contribution < -0.4 is 15.4 Å². The molecule has 0 fully saturated rings. The summed E-state index contributed by atoms with van der Waals surface area (Å²) in [6.45, 7) is -0.673. The number of nitrogens with one attached hydrogen (secondary N) is 2. The van der Waals surface area contributed by atoms with E-state index in [1.54, 1.807) is 0 Å². The SMILES string of the molecule is O=C(NCCO)/C(=C/c1ccc(C(F)(F)F)cc1)NC(=O)c1ccc(OCCCC(F)(F)F)cc1. The summed E-state index contributed by atoms with van der Waals surface area (Å²) in [5.41, 5.74) is -0.877. The smallest absolute Gasteiger partial charge is 0.416 e. The van der Waals surface area contributed by atoms with Crippen molar-refractivity contribution in [1.29, 1.82) is 0 Å². The van der Waals surface area contributed by atoms with E-state index in [2.05, 4.69) is 10.6 Å². The Balaban J connectivity index is 2.10. The van der Waals surface area contributed by atoms with Gasteiger partial charge in [-0.1, -0.05) is 12.1 Å². The molecular weight excluding hydrogens is 482 g/mol. The van der Waals surface area contributed by atoms with Crippen molar-refractivity contribution in [3.63, 3.8) is 0 Å². The number of halogens is 6. The minimum Gasteiger partial charge on any atom is -0.494 e. The van der Waals surface area contributed by atoms with E-state index in [-0.39, 0.29) is 48.8 Å². The molecule has 0 radical (unpaired) electrons. The van der Waals surface area contributed by atoms with E-state index in [1.165, 1.54) is 30.3 Å². The number of hydrogen-bond donors (Lipinski definition) is 3. The minimum absolute atomic E-state index is 0.0842. The fraction of sp³-hybridized carbons (Fsp3) is 0.304. The number of amides is 2. The Morgan fingerprint density at radius 2 is 1.57 bits per heavy atom. The predicted octanol–water partition coefficient (Wildman–Crippen LogP) is 4.31. The summed E-state index contributed by atoms with van der Waals surface area (Å²) in [6.07, 6.45) is -8.86. The van der Waals surface area contributed by atoms with E-state index in [1.807, 2.05) is 0 Å². The number of benzene rings is 2. The van der Waals surface area contributed by atoms with Crippen LogP contribution in [0.1, 0.15) is 34.3 Å². The van der Waals surface area contributed by atoms with Crippen LogP contribution in [0.2, 0.25) is 0 Å². The highest BCUT2D eigenvalue weighted by molar-refractivity contribution is 6.05. The molecule has 12 heteroatoms. The van der Waals surface area contributed by atoms with Gasteiger partial charge in [0.15, 0.2) is 0 Å². The Morgan fingerprint density at radius 3 is 2.11 bits per heavy atom. The Kier molecular flexibility index (Phi) is 9.69. The van der Waals surface area contributed by atoms with Crippen LogP contribution in [0.5, 0.6) is 5.75 Å². The first-order valence-corrected chi connectivity index (χ1v) is 10.3. The van der Waals surface area contributed by atoms with E-state index in [4.69, 9.17) is 9.84 Å². The number of hydrogen-bond acceptors (Lipinski definition) is 4. The number of aliphatic hydroxyl groups excluding tert-OH is 1. The van der Waals surface area contributed by atoms with Gasteiger partial charge in [-0.3, -0.25) is 9.59 Å². The molecule has 0 unspecified atom stereocenters. The fourth-order valence-electron chi connectivity index (χ4n) is 2.72. The number of alkyl halides is 6. The predicted molar refractivity (Wildman–Crippen MR) is 114 cm³/mol. The van der Waals surface area contributed by atoms with Gasteiger partial charge in [0.1, 0.15) is 11.4 Å². The maximum atomic E-state index is 12.8. The Hall–Kier alpha value is -3.54. The molecule has 0 heterocycles. The van der Waals surface area contributed by atoms with Crippen molar-refractivity contribution >= 4 is 17.9 Å². The van der Waals surface area contributed by atoms with Crippen LogP contribution in [0.25, 0.3) is 6.08 Å². The van der Waals surface area contributed by atoms with Gasteiger partial charge in [-0.25, -0.2) is 0 Å². The molecule has 0 atom stereocenters. The molecular formula is C23H22F6N2O4. The largest absolute Gasteiger partial charge is 0.494 e. The molecule has 3 N–H and O–H groups in total. The third-order valence-corrected chi connectivity index (χ3v) is 4.43. The zero-order valence-corrected chi connectivity index (χ0v) is 18.2. The van der Waals surface area contributed by atoms with E-state index in [9.17, 15) is 35.9 Å². The van der Waals surface area contributed by atoms with Gasteiger partial charge in [0, 0.05) is 18.5 Å². The van der Waals surface area contributed by atoms with E-state index < -0.39 is 36.2 Å². The zero-order valence-electron chi connectivity index (χ0n) is 18.2. The average molecular weight is 504 g/mol. The first kappa shape index (κ1) is 27.7. The third-order valence-electron chi connectivity index (χ3n) is 4.43. The summed E-state index contributed by atoms with van der Waals surface area (Å²) in [7, 11) is 0. The summed E-state index contributed by atoms with van der Waals surface area (Å²) in [5.74, 6) is -1.27. The molecule has 2 aromatic carbocycles. The second-order valence-corrected chi connectivity index (χ2v) is 7.20. The van der Waals surface area contributed by atoms with Crippen LogP contribution in [-0.2, 0) is 11.0 Å². The van der Waals surface area contributed by atoms with Gasteiger partial charge in [0.05, 0.1) is 18.8 Å². The monoisotopic (exact) mass is 504 g/mol. The molecule has 0 spiro atoms. The average Bonchev–Trinajstić information content (AvgIpc) is 2.79. The first-order valence-electron chi connectivity index (χ1n) is 10.3. The summed E-state index contributed by atoms with van der Waals surface area (Å²) in [6, 6.07) is 9.29. The first-order chi connectivity index (χ1) is 16.4. The lowest BCUT2D eigenvalue weighted by molar-refractivity contribution is -0.138. The second kappa shape index (κ2) is 12.2. The van der Waals surface area contributed by atoms with Crippen LogP contribution in [0, 0.1) is 0 Å². The van der Waals surface area contributed by atoms with E-state index in [0.717, 1.165) is 24.3 Å². The number of ether oxygens (including phenoxy) is 1. The molecule has 0 saturated heterocycles. The highest BCUT2D eigenvalue weighted by Gasteiger charge is 2.30. The van der Waals surface area contributed by atoms with Crippen molar-refractivity contribution in [2.75, 3.05) is 19.8 Å². The maximum absolute atomic E-state index is 12.8. The Bertz CT molecular complexity index is 1020. The number of carbonyl (C=O) groups is 2. The lowest BCUT2D eigenvalue weighted by Crippen LogP contribution is -2.36. The van der Waals surface area contributed by atoms with Gasteiger partial charge in [-0.2, -0.15) is 26.3 Å². The van der Waals surface area contributed by atoms with Crippen molar-refractivity contribution in [3.05, 3.63) is 70.9 Å². The standard InChI is InChI=1S/C23H22F6N2O4/c24-22(25,26)10-1-13-35-18-8-4-16(5-9-18)20(33)31-19(21(34)30-11-12-32)14-15-2-6-17(7-3-15)23(27,28)29/h2-9,14,32H,1,10-13H2,(H,30,34)(H,31,33)/b19-14-. The van der Waals surface area contributed by atoms with E-state index in [0.29, 0.717) is 0 Å². The molecule has 0 aliphatic rings. The van der Waals surface area contributed by atoms with Crippen molar-refractivity contribution < 1.29 is 45.8 Å². The zero-order chi connectivity index (χ0) is 26.1. The molecule has 190 valence electrons. The Morgan fingerprint density at radius 1 is 0.943 bits per heavy atom. The summed E-state index contributed by atoms with van der Waals surface area (Å²) in [4.78, 5) is 25.0. The van der Waals surface area contributed by atoms with Crippen LogP contribution in [0.15, 0.2) is 54.2 Å². The molecule has 2 aromatic rings. The topological polar surface area (TPSA) is 87.7 Å². The molecule has 2 rings (SSSR count). The normalized spacial score (nSPS) is 12.3.